The van der Waals surface area contributed by atoms with E-state index in [0.29, 0.717) is 12.2 Å². The Bertz CT molecular complexity index is 403. The summed E-state index contributed by atoms with van der Waals surface area (Å²) in [5.41, 5.74) is 0.444. The molecule has 1 fully saturated rings. The van der Waals surface area contributed by atoms with Crippen molar-refractivity contribution in [2.75, 3.05) is 11.9 Å². The Hall–Kier alpha value is -1.16. The van der Waals surface area contributed by atoms with Crippen molar-refractivity contribution in [3.8, 4) is 0 Å². The molecule has 0 bridgehead atoms. The third-order valence-corrected chi connectivity index (χ3v) is 3.13. The Morgan fingerprint density at radius 1 is 1.35 bits per heavy atom. The van der Waals surface area contributed by atoms with E-state index in [2.05, 4.69) is 5.32 Å². The van der Waals surface area contributed by atoms with Crippen LogP contribution in [-0.4, -0.2) is 18.8 Å². The SMILES string of the molecule is CCOC1CC(Nc2c(F)ccc(C)c2F)C1. The maximum atomic E-state index is 13.7. The van der Waals surface area contributed by atoms with Gasteiger partial charge in [-0.05, 0) is 38.3 Å². The van der Waals surface area contributed by atoms with Crippen LogP contribution >= 0.6 is 0 Å². The summed E-state index contributed by atoms with van der Waals surface area (Å²) in [4.78, 5) is 0. The summed E-state index contributed by atoms with van der Waals surface area (Å²) in [5.74, 6) is -1.03. The predicted octanol–water partition coefficient (Wildman–Crippen LogP) is 3.25. The van der Waals surface area contributed by atoms with Gasteiger partial charge < -0.3 is 10.1 Å². The lowest BCUT2D eigenvalue weighted by molar-refractivity contribution is 0.00286. The quantitative estimate of drug-likeness (QED) is 0.873. The van der Waals surface area contributed by atoms with Gasteiger partial charge in [0.2, 0.25) is 0 Å². The van der Waals surface area contributed by atoms with Gasteiger partial charge in [-0.2, -0.15) is 0 Å². The molecule has 0 atom stereocenters. The number of nitrogens with one attached hydrogen (secondary N) is 1. The van der Waals surface area contributed by atoms with Gasteiger partial charge in [0.25, 0.3) is 0 Å². The van der Waals surface area contributed by atoms with Crippen molar-refractivity contribution in [2.24, 2.45) is 0 Å². The zero-order chi connectivity index (χ0) is 12.4. The van der Waals surface area contributed by atoms with Crippen LogP contribution in [0.4, 0.5) is 14.5 Å². The predicted molar refractivity (Wildman–Crippen MR) is 63.2 cm³/mol. The van der Waals surface area contributed by atoms with Gasteiger partial charge >= 0.3 is 0 Å². The van der Waals surface area contributed by atoms with E-state index in [-0.39, 0.29) is 17.8 Å². The van der Waals surface area contributed by atoms with Gasteiger partial charge in [-0.25, -0.2) is 8.78 Å². The Kier molecular flexibility index (Phi) is 3.62. The van der Waals surface area contributed by atoms with Crippen LogP contribution in [0.3, 0.4) is 0 Å². The molecule has 0 aromatic heterocycles. The standard InChI is InChI=1S/C13H17F2NO/c1-3-17-10-6-9(7-10)16-13-11(14)5-4-8(2)12(13)15/h4-5,9-10,16H,3,6-7H2,1-2H3. The van der Waals surface area contributed by atoms with Crippen LogP contribution in [0.5, 0.6) is 0 Å². The Labute approximate surface area is 100.0 Å². The second kappa shape index (κ2) is 5.00. The van der Waals surface area contributed by atoms with Gasteiger partial charge in [-0.3, -0.25) is 0 Å². The minimum absolute atomic E-state index is 0.00931. The maximum absolute atomic E-state index is 13.7. The number of benzene rings is 1. The molecule has 1 aromatic rings. The molecule has 2 rings (SSSR count). The average molecular weight is 241 g/mol. The molecule has 4 heteroatoms. The van der Waals surface area contributed by atoms with Crippen molar-refractivity contribution in [3.63, 3.8) is 0 Å². The number of halogens is 2. The summed E-state index contributed by atoms with van der Waals surface area (Å²) in [5, 5.41) is 2.91. The van der Waals surface area contributed by atoms with Crippen molar-refractivity contribution >= 4 is 5.69 Å². The van der Waals surface area contributed by atoms with E-state index in [9.17, 15) is 8.78 Å². The fourth-order valence-corrected chi connectivity index (χ4v) is 2.05. The normalized spacial score (nSPS) is 23.3. The highest BCUT2D eigenvalue weighted by atomic mass is 19.1. The van der Waals surface area contributed by atoms with Gasteiger partial charge in [-0.1, -0.05) is 6.07 Å². The first-order valence-corrected chi connectivity index (χ1v) is 5.94. The molecule has 17 heavy (non-hydrogen) atoms. The number of rotatable bonds is 4. The Morgan fingerprint density at radius 2 is 2.06 bits per heavy atom. The van der Waals surface area contributed by atoms with Crippen molar-refractivity contribution < 1.29 is 13.5 Å². The molecule has 1 saturated carbocycles. The fraction of sp³-hybridized carbons (Fsp3) is 0.538. The largest absolute Gasteiger partial charge is 0.378 e. The summed E-state index contributed by atoms with van der Waals surface area (Å²) in [6, 6.07) is 2.84. The number of hydrogen-bond donors (Lipinski definition) is 1. The lowest BCUT2D eigenvalue weighted by atomic mass is 9.89. The molecule has 2 nitrogen and oxygen atoms in total. The first-order chi connectivity index (χ1) is 8.11. The van der Waals surface area contributed by atoms with Crippen LogP contribution in [0.1, 0.15) is 25.3 Å². The highest BCUT2D eigenvalue weighted by Crippen LogP contribution is 2.30. The molecule has 0 heterocycles. The summed E-state index contributed by atoms with van der Waals surface area (Å²) in [6.07, 6.45) is 1.84. The van der Waals surface area contributed by atoms with E-state index >= 15 is 0 Å². The summed E-state index contributed by atoms with van der Waals surface area (Å²) >= 11 is 0. The van der Waals surface area contributed by atoms with E-state index in [1.165, 1.54) is 12.1 Å². The third-order valence-electron chi connectivity index (χ3n) is 3.13. The minimum atomic E-state index is -0.534. The van der Waals surface area contributed by atoms with Crippen molar-refractivity contribution in [1.82, 2.24) is 0 Å². The highest BCUT2D eigenvalue weighted by Gasteiger charge is 2.30. The molecular formula is C13H17F2NO. The van der Waals surface area contributed by atoms with E-state index < -0.39 is 11.6 Å². The van der Waals surface area contributed by atoms with Crippen LogP contribution in [0, 0.1) is 18.6 Å². The lowest BCUT2D eigenvalue weighted by Gasteiger charge is -2.36. The van der Waals surface area contributed by atoms with Gasteiger partial charge in [-0.15, -0.1) is 0 Å². The molecule has 0 saturated heterocycles. The lowest BCUT2D eigenvalue weighted by Crippen LogP contribution is -2.41. The summed E-state index contributed by atoms with van der Waals surface area (Å²) < 4.78 is 32.6. The second-order valence-corrected chi connectivity index (χ2v) is 4.44. The number of aryl methyl sites for hydroxylation is 1. The van der Waals surface area contributed by atoms with Gasteiger partial charge in [0, 0.05) is 12.6 Å². The maximum Gasteiger partial charge on any atom is 0.152 e. The smallest absolute Gasteiger partial charge is 0.152 e. The summed E-state index contributed by atoms with van der Waals surface area (Å²) in [7, 11) is 0. The molecular weight excluding hydrogens is 224 g/mol. The zero-order valence-corrected chi connectivity index (χ0v) is 10.1. The van der Waals surface area contributed by atoms with Crippen molar-refractivity contribution in [1.29, 1.82) is 0 Å². The van der Waals surface area contributed by atoms with Crippen LogP contribution in [0.15, 0.2) is 12.1 Å². The molecule has 1 aliphatic carbocycles. The van der Waals surface area contributed by atoms with Crippen molar-refractivity contribution in [2.45, 2.75) is 38.8 Å². The van der Waals surface area contributed by atoms with Gasteiger partial charge in [0.05, 0.1) is 6.10 Å². The summed E-state index contributed by atoms with van der Waals surface area (Å²) in [6.45, 7) is 4.26. The minimum Gasteiger partial charge on any atom is -0.378 e. The van der Waals surface area contributed by atoms with Gasteiger partial charge in [0.15, 0.2) is 5.82 Å². The van der Waals surface area contributed by atoms with Gasteiger partial charge in [0.1, 0.15) is 11.5 Å². The molecule has 0 aliphatic heterocycles. The molecule has 1 N–H and O–H groups in total. The molecule has 0 unspecified atom stereocenters. The fourth-order valence-electron chi connectivity index (χ4n) is 2.05. The van der Waals surface area contributed by atoms with E-state index in [0.717, 1.165) is 12.8 Å². The molecule has 0 radical (unpaired) electrons. The first kappa shape index (κ1) is 12.3. The number of hydrogen-bond acceptors (Lipinski definition) is 2. The molecule has 94 valence electrons. The van der Waals surface area contributed by atoms with E-state index in [4.69, 9.17) is 4.74 Å². The van der Waals surface area contributed by atoms with Crippen LogP contribution in [0.25, 0.3) is 0 Å². The van der Waals surface area contributed by atoms with E-state index in [1.54, 1.807) is 6.92 Å². The molecule has 0 amide bonds. The number of anilines is 1. The highest BCUT2D eigenvalue weighted by molar-refractivity contribution is 5.50. The van der Waals surface area contributed by atoms with Crippen molar-refractivity contribution in [3.05, 3.63) is 29.3 Å². The first-order valence-electron chi connectivity index (χ1n) is 5.94. The second-order valence-electron chi connectivity index (χ2n) is 4.44. The van der Waals surface area contributed by atoms with E-state index in [1.807, 2.05) is 6.92 Å². The molecule has 1 aliphatic rings. The molecule has 1 aromatic carbocycles. The monoisotopic (exact) mass is 241 g/mol. The molecule has 0 spiro atoms. The van der Waals surface area contributed by atoms with Crippen LogP contribution < -0.4 is 5.32 Å². The Balaban J connectivity index is 1.99. The Morgan fingerprint density at radius 3 is 2.71 bits per heavy atom. The number of ether oxygens (including phenoxy) is 1. The average Bonchev–Trinajstić information content (AvgIpc) is 2.25. The zero-order valence-electron chi connectivity index (χ0n) is 10.1. The van der Waals surface area contributed by atoms with Crippen LogP contribution in [-0.2, 0) is 4.74 Å². The van der Waals surface area contributed by atoms with Crippen LogP contribution in [0.2, 0.25) is 0 Å². The third kappa shape index (κ3) is 2.57. The topological polar surface area (TPSA) is 21.3 Å².